The lowest BCUT2D eigenvalue weighted by Gasteiger charge is -2.09. The molecule has 8 heteroatoms. The molecule has 0 atom stereocenters. The number of carbonyl (C=O) groups excluding carboxylic acids is 1. The highest BCUT2D eigenvalue weighted by molar-refractivity contribution is 6.32. The van der Waals surface area contributed by atoms with E-state index in [-0.39, 0.29) is 16.7 Å². The Morgan fingerprint density at radius 2 is 2.08 bits per heavy atom. The third-order valence-electron chi connectivity index (χ3n) is 3.83. The molecule has 0 aliphatic heterocycles. The van der Waals surface area contributed by atoms with Crippen LogP contribution in [0.2, 0.25) is 5.02 Å². The lowest BCUT2D eigenvalue weighted by molar-refractivity contribution is -0.139. The van der Waals surface area contributed by atoms with Crippen molar-refractivity contribution in [2.24, 2.45) is 7.05 Å². The summed E-state index contributed by atoms with van der Waals surface area (Å²) in [7, 11) is 1.88. The molecule has 7 nitrogen and oxygen atoms in total. The number of hydrogen-bond acceptors (Lipinski definition) is 4. The topological polar surface area (TPSA) is 93.5 Å². The minimum absolute atomic E-state index is 0.141. The molecule has 25 heavy (non-hydrogen) atoms. The van der Waals surface area contributed by atoms with Gasteiger partial charge in [0.1, 0.15) is 5.75 Å². The van der Waals surface area contributed by atoms with E-state index in [9.17, 15) is 9.59 Å². The van der Waals surface area contributed by atoms with Crippen LogP contribution in [0.3, 0.4) is 0 Å². The van der Waals surface area contributed by atoms with Crippen molar-refractivity contribution in [2.75, 3.05) is 11.9 Å². The predicted molar refractivity (Wildman–Crippen MR) is 94.2 cm³/mol. The molecule has 2 aromatic rings. The van der Waals surface area contributed by atoms with E-state index < -0.39 is 12.6 Å². The number of rotatable bonds is 7. The molecule has 1 aromatic heterocycles. The zero-order valence-corrected chi connectivity index (χ0v) is 15.1. The van der Waals surface area contributed by atoms with E-state index in [2.05, 4.69) is 10.4 Å². The summed E-state index contributed by atoms with van der Waals surface area (Å²) in [5, 5.41) is 15.9. The molecule has 1 amide bonds. The third-order valence-corrected chi connectivity index (χ3v) is 4.12. The number of carboxylic acid groups (broad SMARTS) is 1. The van der Waals surface area contributed by atoms with Crippen molar-refractivity contribution in [1.82, 2.24) is 9.78 Å². The number of nitrogens with zero attached hydrogens (tertiary/aromatic N) is 2. The number of aryl methyl sites for hydroxylation is 2. The Morgan fingerprint density at radius 1 is 1.36 bits per heavy atom. The van der Waals surface area contributed by atoms with Crippen molar-refractivity contribution in [3.63, 3.8) is 0 Å². The van der Waals surface area contributed by atoms with Crippen LogP contribution in [0.15, 0.2) is 18.2 Å². The number of aromatic nitrogens is 2. The Kier molecular flexibility index (Phi) is 6.03. The second-order valence-corrected chi connectivity index (χ2v) is 6.06. The van der Waals surface area contributed by atoms with Gasteiger partial charge >= 0.3 is 5.97 Å². The van der Waals surface area contributed by atoms with Crippen LogP contribution in [0.1, 0.15) is 23.4 Å². The van der Waals surface area contributed by atoms with Crippen LogP contribution in [0.25, 0.3) is 0 Å². The van der Waals surface area contributed by atoms with E-state index in [1.807, 2.05) is 20.9 Å². The summed E-state index contributed by atoms with van der Waals surface area (Å²) in [5.74, 6) is -0.976. The maximum atomic E-state index is 12.1. The molecule has 0 bridgehead atoms. The largest absolute Gasteiger partial charge is 0.480 e. The second kappa shape index (κ2) is 8.02. The minimum Gasteiger partial charge on any atom is -0.480 e. The van der Waals surface area contributed by atoms with E-state index in [0.717, 1.165) is 17.0 Å². The van der Waals surface area contributed by atoms with Crippen molar-refractivity contribution in [1.29, 1.82) is 0 Å². The lowest BCUT2D eigenvalue weighted by atomic mass is 10.1. The average molecular weight is 366 g/mol. The lowest BCUT2D eigenvalue weighted by Crippen LogP contribution is -2.13. The Balaban J connectivity index is 1.94. The minimum atomic E-state index is -1.09. The maximum absolute atomic E-state index is 12.1. The van der Waals surface area contributed by atoms with E-state index in [1.165, 1.54) is 12.1 Å². The molecule has 0 aliphatic carbocycles. The van der Waals surface area contributed by atoms with Gasteiger partial charge in [-0.2, -0.15) is 5.10 Å². The number of halogens is 1. The van der Waals surface area contributed by atoms with Gasteiger partial charge in [-0.3, -0.25) is 9.48 Å². The maximum Gasteiger partial charge on any atom is 0.341 e. The smallest absolute Gasteiger partial charge is 0.341 e. The molecule has 0 unspecified atom stereocenters. The highest BCUT2D eigenvalue weighted by Gasteiger charge is 2.12. The van der Waals surface area contributed by atoms with E-state index >= 15 is 0 Å². The van der Waals surface area contributed by atoms with Gasteiger partial charge in [-0.1, -0.05) is 11.6 Å². The fourth-order valence-corrected chi connectivity index (χ4v) is 2.71. The van der Waals surface area contributed by atoms with Gasteiger partial charge in [0, 0.05) is 24.8 Å². The number of aliphatic carboxylic acids is 1. The van der Waals surface area contributed by atoms with Crippen LogP contribution in [0.5, 0.6) is 5.75 Å². The van der Waals surface area contributed by atoms with E-state index in [1.54, 1.807) is 10.7 Å². The first-order chi connectivity index (χ1) is 11.8. The van der Waals surface area contributed by atoms with Gasteiger partial charge in [0.05, 0.1) is 10.7 Å². The number of ether oxygens (including phenoxy) is 1. The van der Waals surface area contributed by atoms with Gasteiger partial charge in [-0.15, -0.1) is 0 Å². The summed E-state index contributed by atoms with van der Waals surface area (Å²) in [6, 6.07) is 4.66. The first-order valence-electron chi connectivity index (χ1n) is 7.71. The van der Waals surface area contributed by atoms with Gasteiger partial charge < -0.3 is 15.2 Å². The summed E-state index contributed by atoms with van der Waals surface area (Å²) < 4.78 is 6.84. The molecule has 0 saturated carbocycles. The summed E-state index contributed by atoms with van der Waals surface area (Å²) in [6.45, 7) is 3.42. The summed E-state index contributed by atoms with van der Waals surface area (Å²) >= 11 is 6.03. The van der Waals surface area contributed by atoms with Crippen molar-refractivity contribution >= 4 is 29.2 Å². The number of amides is 1. The standard InChI is InChI=1S/C17H20ClN3O4/c1-10-13(11(2)21(3)20-10)5-7-16(22)19-12-4-6-15(14(18)8-12)25-9-17(23)24/h4,6,8H,5,7,9H2,1-3H3,(H,19,22)(H,23,24). The van der Waals surface area contributed by atoms with Gasteiger partial charge in [0.25, 0.3) is 0 Å². The number of carboxylic acids is 1. The normalized spacial score (nSPS) is 10.6. The highest BCUT2D eigenvalue weighted by Crippen LogP contribution is 2.27. The monoisotopic (exact) mass is 365 g/mol. The highest BCUT2D eigenvalue weighted by atomic mass is 35.5. The first kappa shape index (κ1) is 18.8. The number of anilines is 1. The SMILES string of the molecule is Cc1nn(C)c(C)c1CCC(=O)Nc1ccc(OCC(=O)O)c(Cl)c1. The zero-order chi connectivity index (χ0) is 18.6. The predicted octanol–water partition coefficient (Wildman–Crippen LogP) is 2.73. The first-order valence-corrected chi connectivity index (χ1v) is 8.08. The molecule has 0 fully saturated rings. The fourth-order valence-electron chi connectivity index (χ4n) is 2.48. The fraction of sp³-hybridized carbons (Fsp3) is 0.353. The van der Waals surface area contributed by atoms with E-state index in [4.69, 9.17) is 21.4 Å². The van der Waals surface area contributed by atoms with Crippen molar-refractivity contribution in [3.05, 3.63) is 40.2 Å². The Morgan fingerprint density at radius 3 is 2.64 bits per heavy atom. The quantitative estimate of drug-likeness (QED) is 0.786. The summed E-state index contributed by atoms with van der Waals surface area (Å²) in [5.41, 5.74) is 3.58. The molecule has 0 saturated heterocycles. The summed E-state index contributed by atoms with van der Waals surface area (Å²) in [6.07, 6.45) is 0.924. The average Bonchev–Trinajstić information content (AvgIpc) is 2.77. The third kappa shape index (κ3) is 4.96. The second-order valence-electron chi connectivity index (χ2n) is 5.65. The summed E-state index contributed by atoms with van der Waals surface area (Å²) in [4.78, 5) is 22.6. The molecule has 1 aromatic carbocycles. The van der Waals surface area contributed by atoms with Gasteiger partial charge in [-0.25, -0.2) is 4.79 Å². The Labute approximate surface area is 150 Å². The van der Waals surface area contributed by atoms with Crippen molar-refractivity contribution < 1.29 is 19.4 Å². The molecule has 2 N–H and O–H groups in total. The molecule has 1 heterocycles. The van der Waals surface area contributed by atoms with Crippen molar-refractivity contribution in [3.8, 4) is 5.75 Å². The number of nitrogens with one attached hydrogen (secondary N) is 1. The van der Waals surface area contributed by atoms with Crippen LogP contribution >= 0.6 is 11.6 Å². The van der Waals surface area contributed by atoms with Crippen LogP contribution < -0.4 is 10.1 Å². The molecule has 134 valence electrons. The van der Waals surface area contributed by atoms with Crippen LogP contribution in [0.4, 0.5) is 5.69 Å². The molecule has 0 radical (unpaired) electrons. The molecule has 0 spiro atoms. The molecular formula is C17H20ClN3O4. The number of hydrogen-bond donors (Lipinski definition) is 2. The molecule has 0 aliphatic rings. The van der Waals surface area contributed by atoms with Crippen LogP contribution in [-0.4, -0.2) is 33.4 Å². The molecular weight excluding hydrogens is 346 g/mol. The number of benzene rings is 1. The Bertz CT molecular complexity index is 801. The Hall–Kier alpha value is -2.54. The number of carbonyl (C=O) groups is 2. The van der Waals surface area contributed by atoms with Crippen molar-refractivity contribution in [2.45, 2.75) is 26.7 Å². The van der Waals surface area contributed by atoms with Gasteiger partial charge in [-0.05, 0) is 44.0 Å². The van der Waals surface area contributed by atoms with Crippen LogP contribution in [-0.2, 0) is 23.1 Å². The van der Waals surface area contributed by atoms with Crippen LogP contribution in [0, 0.1) is 13.8 Å². The van der Waals surface area contributed by atoms with E-state index in [0.29, 0.717) is 18.5 Å². The molecule has 2 rings (SSSR count). The van der Waals surface area contributed by atoms with Gasteiger partial charge in [0.15, 0.2) is 6.61 Å². The van der Waals surface area contributed by atoms with Gasteiger partial charge in [0.2, 0.25) is 5.91 Å². The zero-order valence-electron chi connectivity index (χ0n) is 14.3.